The molecule has 121 heavy (non-hydrogen) atoms. The second-order valence-corrected chi connectivity index (χ2v) is 30.5. The Kier molecular flexibility index (Phi) is 22.3. The average Bonchev–Trinajstić information content (AvgIpc) is 0.747. The van der Waals surface area contributed by atoms with Crippen LogP contribution in [0.15, 0.2) is 523 Å². The molecular weight excluding hydrogens is 1660 g/mol. The summed E-state index contributed by atoms with van der Waals surface area (Å²) in [6.45, 7) is 0. The van der Waals surface area contributed by atoms with E-state index in [1.807, 2.05) is 272 Å². The maximum absolute atomic E-state index is 9.25. The van der Waals surface area contributed by atoms with Gasteiger partial charge < -0.3 is 20.0 Å². The van der Waals surface area contributed by atoms with Gasteiger partial charge in [0.2, 0.25) is 0 Å². The maximum Gasteiger partial charge on any atom is 0.0645 e. The molecule has 19 rings (SSSR count). The molecule has 0 aliphatic carbocycles. The predicted octanol–water partition coefficient (Wildman–Crippen LogP) is 34.5. The lowest BCUT2D eigenvalue weighted by Gasteiger charge is -2.26. The van der Waals surface area contributed by atoms with Gasteiger partial charge in [-0.3, -0.25) is 0 Å². The largest absolute Gasteiger partial charge is 0.356 e. The second kappa shape index (κ2) is 40.3. The zero-order valence-electron chi connectivity index (χ0n) is 77.5. The molecule has 4 nitrogen and oxygen atoms in total. The van der Waals surface area contributed by atoms with Crippen LogP contribution in [0, 0.1) is 0 Å². The van der Waals surface area contributed by atoms with Gasteiger partial charge in [0.05, 0.1) is 16.4 Å². The van der Waals surface area contributed by atoms with E-state index in [9.17, 15) is 5.48 Å². The lowest BCUT2D eigenvalue weighted by atomic mass is 9.99. The van der Waals surface area contributed by atoms with Crippen molar-refractivity contribution in [2.45, 2.75) is 0 Å². The van der Waals surface area contributed by atoms with E-state index in [1.165, 1.54) is 11.1 Å². The first-order valence-corrected chi connectivity index (χ1v) is 41.8. The van der Waals surface area contributed by atoms with Crippen LogP contribution in [0.25, 0.3) is 89.0 Å². The van der Waals surface area contributed by atoms with Gasteiger partial charge in [-0.2, -0.15) is 0 Å². The summed E-state index contributed by atoms with van der Waals surface area (Å²) < 4.78 is 103. The Morgan fingerprint density at radius 1 is 0.140 bits per heavy atom. The summed E-state index contributed by atoms with van der Waals surface area (Å²) >= 11 is 9.69. The van der Waals surface area contributed by atoms with Gasteiger partial charge in [-0.05, 0) is 259 Å². The summed E-state index contributed by atoms with van der Waals surface area (Å²) in [5.74, 6) is 0. The molecule has 0 unspecified atom stereocenters. The van der Waals surface area contributed by atoms with Crippen molar-refractivity contribution < 1.29 is 16.4 Å². The van der Waals surface area contributed by atoms with Crippen molar-refractivity contribution in [3.8, 4) is 89.0 Å². The molecule has 0 fully saturated rings. The molecule has 0 radical (unpaired) electrons. The Morgan fingerprint density at radius 2 is 0.314 bits per heavy atom. The summed E-state index contributed by atoms with van der Waals surface area (Å²) in [5, 5.41) is 3.38. The fraction of sp³-hybridized carbons (Fsp3) is 0. The third-order valence-electron chi connectivity index (χ3n) is 20.0. The highest BCUT2D eigenvalue weighted by molar-refractivity contribution is 9.11. The molecule has 1 N–H and O–H groups in total. The topological polar surface area (TPSA) is 21.8 Å². The Labute approximate surface area is 753 Å². The van der Waals surface area contributed by atoms with Crippen LogP contribution >= 0.6 is 47.8 Å². The molecular formula is C114H85Br3N4. The molecule has 7 heteroatoms. The van der Waals surface area contributed by atoms with E-state index in [1.54, 1.807) is 0 Å². The molecule has 0 aromatic heterocycles. The number of halogens is 3. The van der Waals surface area contributed by atoms with Crippen LogP contribution in [-0.4, -0.2) is 0 Å². The number of nitrogens with one attached hydrogen (secondary N) is 1. The fourth-order valence-electron chi connectivity index (χ4n) is 13.9. The second-order valence-electron chi connectivity index (χ2n) is 28.0. The van der Waals surface area contributed by atoms with E-state index in [2.05, 4.69) is 233 Å². The van der Waals surface area contributed by atoms with Gasteiger partial charge in [0.25, 0.3) is 0 Å². The smallest absolute Gasteiger partial charge is 0.0645 e. The first-order chi connectivity index (χ1) is 64.7. The molecule has 0 aliphatic rings. The van der Waals surface area contributed by atoms with E-state index in [4.69, 9.17) is 11.0 Å². The predicted molar refractivity (Wildman–Crippen MR) is 526 cm³/mol. The molecule has 582 valence electrons. The minimum atomic E-state index is -0.108. The van der Waals surface area contributed by atoms with Crippen molar-refractivity contribution in [1.29, 1.82) is 0 Å². The Morgan fingerprint density at radius 3 is 0.579 bits per heavy atom. The molecule has 0 aliphatic heterocycles. The number of nitrogens with zero attached hydrogens (tertiary/aromatic N) is 3. The number of anilines is 11. The quantitative estimate of drug-likeness (QED) is 0.0871. The van der Waals surface area contributed by atoms with Gasteiger partial charge in [-0.25, -0.2) is 0 Å². The summed E-state index contributed by atoms with van der Waals surface area (Å²) in [7, 11) is 0. The molecule has 0 atom stereocenters. The SMILES string of the molecule is [2H]c1c([2H])c(-c2ccc(-c3ccc(Br)cc3)cc2)c([2H])c([2H])c1Br.[2H]c1c([2H])c(-c2ccc(-c3ccc(N(c4ccccc4)c4ccccc4)cc3)cc2)c([2H])c([2H])c1Br.[2H]c1c([2H])c(N(c2ccccc2)c2ccc(-c3ccccc3)cc2)c([2H])c([2H])c1-c1ccc(-c2ccc(N(c3ccccc3)c3ccccc3)cc2)cc1.c1ccc(Nc2ccc(-c3ccccc3)cc2)cc1. The standard InChI is InChI=1S/C48H36N2.C30H22BrN.C18H12Br2.C18H15N/c1-5-13-37(14-6-1)40-25-31-47(32-26-40)50(45-19-11-4-12-20-45)48-35-29-42(30-36-48)39-23-21-38(22-24-39)41-27-33-46(34-28-41)49(43-15-7-2-8-16-43)44-17-9-3-10-18-44;31-27-19-15-25(16-20-27)23-11-13-24(14-12-23)26-17-21-30(22-18-26)32(28-7-3-1-4-8-28)29-9-5-2-6-10-29;19-17-9-5-15(6-10-17)13-1-2-14(4-3-13)16-7-11-18(20)12-8-16;1-3-7-15(8-4-1)16-11-13-18(14-12-16)19-17-9-5-2-6-10-17/h1-36H;1-22H;1-12H;1-14,19H/i29D,30D,35D,36D;15D,16D,19D,20D;5D,6D,9D,10D;. The highest BCUT2D eigenvalue weighted by Gasteiger charge is 2.17. The van der Waals surface area contributed by atoms with Crippen molar-refractivity contribution >= 4 is 110 Å². The molecule has 0 saturated heterocycles. The Balaban J connectivity index is 0.000000140. The highest BCUT2D eigenvalue weighted by atomic mass is 79.9. The lowest BCUT2D eigenvalue weighted by molar-refractivity contribution is 1.28. The van der Waals surface area contributed by atoms with Gasteiger partial charge in [-0.1, -0.05) is 387 Å². The summed E-state index contributed by atoms with van der Waals surface area (Å²) in [6.07, 6.45) is 0. The minimum Gasteiger partial charge on any atom is -0.356 e. The van der Waals surface area contributed by atoms with E-state index < -0.39 is 0 Å². The van der Waals surface area contributed by atoms with Crippen molar-refractivity contribution in [2.24, 2.45) is 0 Å². The number of para-hydroxylation sites is 6. The van der Waals surface area contributed by atoms with Crippen LogP contribution in [0.2, 0.25) is 0 Å². The lowest BCUT2D eigenvalue weighted by Crippen LogP contribution is -2.09. The molecule has 0 amide bonds. The Bertz CT molecular complexity index is 7000. The zero-order chi connectivity index (χ0) is 92.6. The Hall–Kier alpha value is -14.2. The third-order valence-corrected chi connectivity index (χ3v) is 21.3. The van der Waals surface area contributed by atoms with Crippen LogP contribution in [0.4, 0.5) is 62.6 Å². The van der Waals surface area contributed by atoms with E-state index in [0.29, 0.717) is 27.8 Å². The highest BCUT2D eigenvalue weighted by Crippen LogP contribution is 2.41. The summed E-state index contributed by atoms with van der Waals surface area (Å²) in [5.41, 5.74) is 23.9. The van der Waals surface area contributed by atoms with Crippen molar-refractivity contribution in [2.75, 3.05) is 20.0 Å². The molecule has 19 aromatic carbocycles. The minimum absolute atomic E-state index is 0.0423. The van der Waals surface area contributed by atoms with Crippen LogP contribution < -0.4 is 20.0 Å². The molecule has 0 saturated carbocycles. The van der Waals surface area contributed by atoms with E-state index in [0.717, 1.165) is 106 Å². The molecule has 0 heterocycles. The number of hydrogen-bond donors (Lipinski definition) is 1. The van der Waals surface area contributed by atoms with Gasteiger partial charge in [0, 0.05) is 76.0 Å². The van der Waals surface area contributed by atoms with Gasteiger partial charge in [0.1, 0.15) is 0 Å². The van der Waals surface area contributed by atoms with Crippen molar-refractivity contribution in [3.63, 3.8) is 0 Å². The normalized spacial score (nSPS) is 12.0. The van der Waals surface area contributed by atoms with Gasteiger partial charge >= 0.3 is 0 Å². The summed E-state index contributed by atoms with van der Waals surface area (Å²) in [4.78, 5) is 6.24. The van der Waals surface area contributed by atoms with Crippen LogP contribution in [0.1, 0.15) is 16.4 Å². The molecule has 0 bridgehead atoms. The first kappa shape index (κ1) is 66.8. The van der Waals surface area contributed by atoms with Crippen LogP contribution in [0.5, 0.6) is 0 Å². The summed E-state index contributed by atoms with van der Waals surface area (Å²) in [6, 6.07) is 144. The third kappa shape index (κ3) is 21.2. The molecule has 0 spiro atoms. The monoisotopic (exact) mass is 1760 g/mol. The number of hydrogen-bond acceptors (Lipinski definition) is 4. The van der Waals surface area contributed by atoms with Crippen molar-refractivity contribution in [3.05, 3.63) is 523 Å². The van der Waals surface area contributed by atoms with Gasteiger partial charge in [0.15, 0.2) is 0 Å². The van der Waals surface area contributed by atoms with E-state index in [-0.39, 0.29) is 92.7 Å². The van der Waals surface area contributed by atoms with E-state index >= 15 is 0 Å². The average molecular weight is 1760 g/mol. The zero-order valence-corrected chi connectivity index (χ0v) is 70.3. The van der Waals surface area contributed by atoms with Gasteiger partial charge in [-0.15, -0.1) is 0 Å². The van der Waals surface area contributed by atoms with Crippen molar-refractivity contribution in [1.82, 2.24) is 0 Å². The van der Waals surface area contributed by atoms with Crippen LogP contribution in [0.3, 0.4) is 0 Å². The molecule has 19 aromatic rings. The number of rotatable bonds is 19. The number of benzene rings is 19. The maximum atomic E-state index is 9.25. The van der Waals surface area contributed by atoms with Crippen LogP contribution in [-0.2, 0) is 0 Å². The first-order valence-electron chi connectivity index (χ1n) is 45.4. The fourth-order valence-corrected chi connectivity index (χ4v) is 14.5.